The molecular weight excluding hydrogens is 319 g/mol. The Balaban J connectivity index is 2.31. The van der Waals surface area contributed by atoms with Crippen molar-refractivity contribution in [2.75, 3.05) is 0 Å². The monoisotopic (exact) mass is 324 g/mol. The minimum absolute atomic E-state index is 0.271. The molecule has 5 heteroatoms. The van der Waals surface area contributed by atoms with Gasteiger partial charge in [0.1, 0.15) is 11.1 Å². The van der Waals surface area contributed by atoms with Gasteiger partial charge in [0, 0.05) is 4.88 Å². The molecule has 1 atom stereocenters. The summed E-state index contributed by atoms with van der Waals surface area (Å²) in [6.45, 7) is 1.96. The summed E-state index contributed by atoms with van der Waals surface area (Å²) < 4.78 is 6.86. The second-order valence-electron chi connectivity index (χ2n) is 3.11. The van der Waals surface area contributed by atoms with Crippen LogP contribution in [0.1, 0.15) is 21.6 Å². The first-order chi connectivity index (χ1) is 7.08. The van der Waals surface area contributed by atoms with Crippen LogP contribution in [0.2, 0.25) is 4.34 Å². The smallest absolute Gasteiger partial charge is 0.169 e. The molecule has 2 heterocycles. The van der Waals surface area contributed by atoms with Crippen molar-refractivity contribution in [3.8, 4) is 0 Å². The minimum Gasteiger partial charge on any atom is -0.452 e. The third kappa shape index (κ3) is 2.41. The molecular formula is C10H7BrCl2OS. The maximum atomic E-state index is 6.27. The van der Waals surface area contributed by atoms with E-state index >= 15 is 0 Å². The predicted molar refractivity (Wildman–Crippen MR) is 68.2 cm³/mol. The molecule has 0 saturated heterocycles. The van der Waals surface area contributed by atoms with Gasteiger partial charge in [0.2, 0.25) is 0 Å². The zero-order valence-corrected chi connectivity index (χ0v) is 11.7. The molecule has 0 bridgehead atoms. The molecule has 0 N–H and O–H groups in total. The Bertz CT molecular complexity index is 458. The zero-order chi connectivity index (χ0) is 11.0. The molecule has 80 valence electrons. The molecule has 1 nitrogen and oxygen atoms in total. The largest absolute Gasteiger partial charge is 0.452 e. The van der Waals surface area contributed by atoms with E-state index in [-0.39, 0.29) is 5.38 Å². The predicted octanol–water partition coefficient (Wildman–Crippen LogP) is 5.39. The third-order valence-electron chi connectivity index (χ3n) is 1.97. The Morgan fingerprint density at radius 3 is 2.67 bits per heavy atom. The lowest BCUT2D eigenvalue weighted by atomic mass is 10.2. The van der Waals surface area contributed by atoms with Gasteiger partial charge in [-0.05, 0) is 46.6 Å². The Hall–Kier alpha value is 0.0400. The minimum atomic E-state index is -0.271. The molecule has 2 rings (SSSR count). The maximum Gasteiger partial charge on any atom is 0.169 e. The highest BCUT2D eigenvalue weighted by atomic mass is 79.9. The van der Waals surface area contributed by atoms with Crippen LogP contribution in [0.25, 0.3) is 0 Å². The van der Waals surface area contributed by atoms with Crippen LogP contribution in [-0.2, 0) is 0 Å². The summed E-state index contributed by atoms with van der Waals surface area (Å²) in [6.07, 6.45) is 0. The highest BCUT2D eigenvalue weighted by molar-refractivity contribution is 9.10. The fourth-order valence-electron chi connectivity index (χ4n) is 1.21. The summed E-state index contributed by atoms with van der Waals surface area (Å²) in [5.41, 5.74) is 1.05. The Morgan fingerprint density at radius 2 is 2.20 bits per heavy atom. The number of halogens is 3. The van der Waals surface area contributed by atoms with E-state index in [1.54, 1.807) is 0 Å². The molecule has 0 aliphatic carbocycles. The van der Waals surface area contributed by atoms with Crippen LogP contribution in [-0.4, -0.2) is 0 Å². The van der Waals surface area contributed by atoms with Gasteiger partial charge in [-0.25, -0.2) is 0 Å². The lowest BCUT2D eigenvalue weighted by Gasteiger charge is -2.01. The van der Waals surface area contributed by atoms with Gasteiger partial charge in [0.15, 0.2) is 4.67 Å². The highest BCUT2D eigenvalue weighted by Crippen LogP contribution is 2.38. The maximum absolute atomic E-state index is 6.27. The van der Waals surface area contributed by atoms with Crippen molar-refractivity contribution < 1.29 is 4.42 Å². The van der Waals surface area contributed by atoms with Crippen LogP contribution in [0, 0.1) is 6.92 Å². The second kappa shape index (κ2) is 4.50. The summed E-state index contributed by atoms with van der Waals surface area (Å²) in [5, 5.41) is -0.271. The van der Waals surface area contributed by atoms with Gasteiger partial charge in [0.05, 0.1) is 4.34 Å². The third-order valence-corrected chi connectivity index (χ3v) is 4.60. The zero-order valence-electron chi connectivity index (χ0n) is 7.76. The number of thiophene rings is 1. The fourth-order valence-corrected chi connectivity index (χ4v) is 3.05. The van der Waals surface area contributed by atoms with Crippen LogP contribution in [0.4, 0.5) is 0 Å². The molecule has 0 aliphatic heterocycles. The van der Waals surface area contributed by atoms with E-state index < -0.39 is 0 Å². The first-order valence-corrected chi connectivity index (χ1v) is 6.65. The van der Waals surface area contributed by atoms with E-state index in [1.165, 1.54) is 11.3 Å². The lowest BCUT2D eigenvalue weighted by Crippen LogP contribution is -1.85. The number of aryl methyl sites for hydroxylation is 1. The normalized spacial score (nSPS) is 13.1. The van der Waals surface area contributed by atoms with Crippen molar-refractivity contribution in [1.82, 2.24) is 0 Å². The standard InChI is InChI=1S/C10H7BrCl2OS/c1-5-4-7(15-10(5)13)9(12)6-2-3-8(11)14-6/h2-4,9H,1H3. The summed E-state index contributed by atoms with van der Waals surface area (Å²) in [4.78, 5) is 1.00. The number of alkyl halides is 1. The fraction of sp³-hybridized carbons (Fsp3) is 0.200. The van der Waals surface area contributed by atoms with Crippen molar-refractivity contribution >= 4 is 50.5 Å². The van der Waals surface area contributed by atoms with Crippen LogP contribution >= 0.6 is 50.5 Å². The Kier molecular flexibility index (Phi) is 3.45. The molecule has 0 spiro atoms. The number of rotatable bonds is 2. The van der Waals surface area contributed by atoms with E-state index in [9.17, 15) is 0 Å². The topological polar surface area (TPSA) is 13.1 Å². The van der Waals surface area contributed by atoms with Crippen molar-refractivity contribution in [3.63, 3.8) is 0 Å². The molecule has 2 aromatic rings. The van der Waals surface area contributed by atoms with Gasteiger partial charge in [0.25, 0.3) is 0 Å². The average Bonchev–Trinajstić information content (AvgIpc) is 2.74. The molecule has 0 saturated carbocycles. The van der Waals surface area contributed by atoms with Crippen molar-refractivity contribution in [2.24, 2.45) is 0 Å². The first-order valence-electron chi connectivity index (χ1n) is 4.23. The highest BCUT2D eigenvalue weighted by Gasteiger charge is 2.18. The van der Waals surface area contributed by atoms with Gasteiger partial charge in [-0.15, -0.1) is 22.9 Å². The van der Waals surface area contributed by atoms with E-state index in [0.29, 0.717) is 4.67 Å². The van der Waals surface area contributed by atoms with Crippen LogP contribution < -0.4 is 0 Å². The molecule has 15 heavy (non-hydrogen) atoms. The first kappa shape index (κ1) is 11.5. The van der Waals surface area contributed by atoms with Crippen molar-refractivity contribution in [1.29, 1.82) is 0 Å². The lowest BCUT2D eigenvalue weighted by molar-refractivity contribution is 0.495. The number of hydrogen-bond donors (Lipinski definition) is 0. The number of hydrogen-bond acceptors (Lipinski definition) is 2. The van der Waals surface area contributed by atoms with Gasteiger partial charge in [-0.3, -0.25) is 0 Å². The van der Waals surface area contributed by atoms with Crippen LogP contribution in [0.5, 0.6) is 0 Å². The van der Waals surface area contributed by atoms with Crippen molar-refractivity contribution in [2.45, 2.75) is 12.3 Å². The van der Waals surface area contributed by atoms with Gasteiger partial charge >= 0.3 is 0 Å². The summed E-state index contributed by atoms with van der Waals surface area (Å²) in [7, 11) is 0. The van der Waals surface area contributed by atoms with Crippen LogP contribution in [0.3, 0.4) is 0 Å². The molecule has 0 aromatic carbocycles. The van der Waals surface area contributed by atoms with E-state index in [4.69, 9.17) is 27.6 Å². The molecule has 1 unspecified atom stereocenters. The summed E-state index contributed by atoms with van der Waals surface area (Å²) in [5.74, 6) is 0.724. The van der Waals surface area contributed by atoms with E-state index in [0.717, 1.165) is 20.5 Å². The van der Waals surface area contributed by atoms with Gasteiger partial charge in [-0.1, -0.05) is 11.6 Å². The van der Waals surface area contributed by atoms with Crippen LogP contribution in [0.15, 0.2) is 27.3 Å². The van der Waals surface area contributed by atoms with E-state index in [1.807, 2.05) is 25.1 Å². The quantitative estimate of drug-likeness (QED) is 0.674. The molecule has 2 aromatic heterocycles. The summed E-state index contributed by atoms with van der Waals surface area (Å²) >= 11 is 17.0. The van der Waals surface area contributed by atoms with E-state index in [2.05, 4.69) is 15.9 Å². The van der Waals surface area contributed by atoms with Crippen molar-refractivity contribution in [3.05, 3.63) is 43.4 Å². The average molecular weight is 326 g/mol. The summed E-state index contributed by atoms with van der Waals surface area (Å²) in [6, 6.07) is 5.67. The molecule has 0 amide bonds. The van der Waals surface area contributed by atoms with Gasteiger partial charge < -0.3 is 4.42 Å². The Morgan fingerprint density at radius 1 is 1.47 bits per heavy atom. The Labute approximate surface area is 110 Å². The van der Waals surface area contributed by atoms with Gasteiger partial charge in [-0.2, -0.15) is 0 Å². The molecule has 0 aliphatic rings. The molecule has 0 fully saturated rings. The second-order valence-corrected chi connectivity index (χ2v) is 6.01. The SMILES string of the molecule is Cc1cc(C(Cl)c2ccc(Br)o2)sc1Cl. The number of furan rings is 1. The molecule has 0 radical (unpaired) electrons.